The average Bonchev–Trinajstić information content (AvgIpc) is 2.49. The molecule has 0 radical (unpaired) electrons. The van der Waals surface area contributed by atoms with E-state index in [1.54, 1.807) is 38.4 Å². The number of carbonyl (C=O) groups is 1. The van der Waals surface area contributed by atoms with Gasteiger partial charge in [0, 0.05) is 12.7 Å². The second-order valence-corrected chi connectivity index (χ2v) is 4.82. The molecule has 2 rings (SSSR count). The van der Waals surface area contributed by atoms with Crippen LogP contribution < -0.4 is 15.4 Å². The van der Waals surface area contributed by atoms with E-state index < -0.39 is 0 Å². The average molecular weight is 306 g/mol. The van der Waals surface area contributed by atoms with Gasteiger partial charge in [-0.05, 0) is 42.8 Å². The Morgan fingerprint density at radius 3 is 2.67 bits per heavy atom. The van der Waals surface area contributed by atoms with E-state index in [2.05, 4.69) is 15.6 Å². The summed E-state index contributed by atoms with van der Waals surface area (Å²) in [6, 6.07) is 8.74. The predicted octanol–water partition coefficient (Wildman–Crippen LogP) is 3.35. The molecular weight excluding hydrogens is 290 g/mol. The summed E-state index contributed by atoms with van der Waals surface area (Å²) in [7, 11) is 3.32. The molecule has 1 heterocycles. The van der Waals surface area contributed by atoms with Crippen molar-refractivity contribution in [3.63, 3.8) is 0 Å². The van der Waals surface area contributed by atoms with Crippen LogP contribution in [0.15, 0.2) is 30.3 Å². The first-order valence-corrected chi connectivity index (χ1v) is 6.73. The molecule has 21 heavy (non-hydrogen) atoms. The summed E-state index contributed by atoms with van der Waals surface area (Å²) in [6.45, 7) is 1.89. The Labute approximate surface area is 128 Å². The zero-order valence-electron chi connectivity index (χ0n) is 12.0. The minimum Gasteiger partial charge on any atom is -0.497 e. The van der Waals surface area contributed by atoms with Crippen LogP contribution in [0.2, 0.25) is 5.02 Å². The van der Waals surface area contributed by atoms with Crippen molar-refractivity contribution in [1.29, 1.82) is 0 Å². The van der Waals surface area contributed by atoms with Crippen LogP contribution in [-0.2, 0) is 0 Å². The lowest BCUT2D eigenvalue weighted by atomic mass is 10.2. The molecule has 0 spiro atoms. The van der Waals surface area contributed by atoms with Crippen LogP contribution in [0.1, 0.15) is 16.1 Å². The quantitative estimate of drug-likeness (QED) is 0.909. The number of aryl methyl sites for hydroxylation is 1. The first kappa shape index (κ1) is 15.1. The highest BCUT2D eigenvalue weighted by molar-refractivity contribution is 6.34. The number of hydrogen-bond acceptors (Lipinski definition) is 4. The van der Waals surface area contributed by atoms with Gasteiger partial charge >= 0.3 is 0 Å². The highest BCUT2D eigenvalue weighted by atomic mass is 35.5. The molecule has 0 aliphatic carbocycles. The van der Waals surface area contributed by atoms with E-state index in [1.807, 2.05) is 13.0 Å². The van der Waals surface area contributed by atoms with E-state index >= 15 is 0 Å². The minimum absolute atomic E-state index is 0.179. The minimum atomic E-state index is -0.356. The number of methoxy groups -OCH3 is 1. The van der Waals surface area contributed by atoms with Crippen LogP contribution in [0.3, 0.4) is 0 Å². The molecule has 5 nitrogen and oxygen atoms in total. The number of aromatic nitrogens is 1. The van der Waals surface area contributed by atoms with Crippen LogP contribution in [-0.4, -0.2) is 25.0 Å². The smallest absolute Gasteiger partial charge is 0.275 e. The van der Waals surface area contributed by atoms with Crippen molar-refractivity contribution < 1.29 is 9.53 Å². The standard InChI is InChI=1S/C15H16ClN3O2/c1-9-8-10(21-3)4-6-12(9)18-15(20)14-11(16)5-7-13(17-2)19-14/h4-8H,1-3H3,(H,17,19)(H,18,20). The fourth-order valence-corrected chi connectivity index (χ4v) is 2.02. The van der Waals surface area contributed by atoms with Crippen molar-refractivity contribution in [2.75, 3.05) is 24.8 Å². The molecule has 0 saturated heterocycles. The number of amides is 1. The van der Waals surface area contributed by atoms with Gasteiger partial charge in [-0.15, -0.1) is 0 Å². The Kier molecular flexibility index (Phi) is 4.65. The molecular formula is C15H16ClN3O2. The summed E-state index contributed by atoms with van der Waals surface area (Å²) in [5.74, 6) is 0.959. The first-order valence-electron chi connectivity index (χ1n) is 6.35. The molecule has 0 aliphatic rings. The molecule has 1 amide bonds. The zero-order chi connectivity index (χ0) is 15.4. The fraction of sp³-hybridized carbons (Fsp3) is 0.200. The molecule has 0 atom stereocenters. The molecule has 2 N–H and O–H groups in total. The van der Waals surface area contributed by atoms with Gasteiger partial charge in [-0.1, -0.05) is 11.6 Å². The van der Waals surface area contributed by atoms with Crippen LogP contribution >= 0.6 is 11.6 Å². The zero-order valence-corrected chi connectivity index (χ0v) is 12.8. The van der Waals surface area contributed by atoms with Crippen molar-refractivity contribution in [2.45, 2.75) is 6.92 Å². The lowest BCUT2D eigenvalue weighted by molar-refractivity contribution is 0.102. The maximum absolute atomic E-state index is 12.3. The third-order valence-corrected chi connectivity index (χ3v) is 3.30. The maximum Gasteiger partial charge on any atom is 0.275 e. The Hall–Kier alpha value is -2.27. The fourth-order valence-electron chi connectivity index (χ4n) is 1.83. The molecule has 0 aliphatic heterocycles. The Balaban J connectivity index is 2.26. The second kappa shape index (κ2) is 6.45. The number of nitrogens with one attached hydrogen (secondary N) is 2. The van der Waals surface area contributed by atoms with E-state index in [-0.39, 0.29) is 11.6 Å². The largest absolute Gasteiger partial charge is 0.497 e. The number of hydrogen-bond donors (Lipinski definition) is 2. The van der Waals surface area contributed by atoms with Gasteiger partial charge in [0.15, 0.2) is 0 Å². The van der Waals surface area contributed by atoms with Crippen LogP contribution in [0.5, 0.6) is 5.75 Å². The molecule has 1 aromatic heterocycles. The highest BCUT2D eigenvalue weighted by Crippen LogP contribution is 2.23. The monoisotopic (exact) mass is 305 g/mol. The summed E-state index contributed by atoms with van der Waals surface area (Å²) < 4.78 is 5.13. The highest BCUT2D eigenvalue weighted by Gasteiger charge is 2.14. The normalized spacial score (nSPS) is 10.1. The first-order chi connectivity index (χ1) is 10.0. The van der Waals surface area contributed by atoms with Crippen LogP contribution in [0.25, 0.3) is 0 Å². The van der Waals surface area contributed by atoms with E-state index in [0.29, 0.717) is 16.5 Å². The summed E-state index contributed by atoms with van der Waals surface area (Å²) in [6.07, 6.45) is 0. The van der Waals surface area contributed by atoms with Gasteiger partial charge in [-0.2, -0.15) is 0 Å². The van der Waals surface area contributed by atoms with Crippen molar-refractivity contribution in [1.82, 2.24) is 4.98 Å². The van der Waals surface area contributed by atoms with Gasteiger partial charge in [0.2, 0.25) is 0 Å². The van der Waals surface area contributed by atoms with Crippen molar-refractivity contribution in [3.8, 4) is 5.75 Å². The van der Waals surface area contributed by atoms with Gasteiger partial charge in [-0.25, -0.2) is 4.98 Å². The van der Waals surface area contributed by atoms with Gasteiger partial charge < -0.3 is 15.4 Å². The molecule has 0 saturated carbocycles. The SMILES string of the molecule is CNc1ccc(Cl)c(C(=O)Nc2ccc(OC)cc2C)n1. The number of pyridine rings is 1. The number of anilines is 2. The summed E-state index contributed by atoms with van der Waals surface area (Å²) in [5, 5.41) is 5.98. The molecule has 6 heteroatoms. The third-order valence-electron chi connectivity index (χ3n) is 3.00. The number of nitrogens with zero attached hydrogens (tertiary/aromatic N) is 1. The van der Waals surface area contributed by atoms with Gasteiger partial charge in [-0.3, -0.25) is 4.79 Å². The van der Waals surface area contributed by atoms with Crippen LogP contribution in [0.4, 0.5) is 11.5 Å². The number of carbonyl (C=O) groups excluding carboxylic acids is 1. The number of rotatable bonds is 4. The molecule has 0 unspecified atom stereocenters. The summed E-state index contributed by atoms with van der Waals surface area (Å²) in [4.78, 5) is 16.5. The summed E-state index contributed by atoms with van der Waals surface area (Å²) in [5.41, 5.74) is 1.76. The number of halogens is 1. The lowest BCUT2D eigenvalue weighted by Crippen LogP contribution is -2.15. The Morgan fingerprint density at radius 1 is 1.29 bits per heavy atom. The van der Waals surface area contributed by atoms with E-state index in [0.717, 1.165) is 11.3 Å². The van der Waals surface area contributed by atoms with Gasteiger partial charge in [0.1, 0.15) is 17.3 Å². The Morgan fingerprint density at radius 2 is 2.05 bits per heavy atom. The summed E-state index contributed by atoms with van der Waals surface area (Å²) >= 11 is 6.03. The third kappa shape index (κ3) is 3.44. The Bertz CT molecular complexity index is 674. The van der Waals surface area contributed by atoms with E-state index in [4.69, 9.17) is 16.3 Å². The van der Waals surface area contributed by atoms with Gasteiger partial charge in [0.25, 0.3) is 5.91 Å². The molecule has 0 fully saturated rings. The molecule has 1 aromatic carbocycles. The lowest BCUT2D eigenvalue weighted by Gasteiger charge is -2.11. The van der Waals surface area contributed by atoms with E-state index in [9.17, 15) is 4.79 Å². The molecule has 0 bridgehead atoms. The molecule has 110 valence electrons. The topological polar surface area (TPSA) is 63.2 Å². The van der Waals surface area contributed by atoms with Crippen molar-refractivity contribution >= 4 is 29.0 Å². The predicted molar refractivity (Wildman–Crippen MR) is 84.5 cm³/mol. The maximum atomic E-state index is 12.3. The van der Waals surface area contributed by atoms with E-state index in [1.165, 1.54) is 0 Å². The van der Waals surface area contributed by atoms with Crippen LogP contribution in [0, 0.1) is 6.92 Å². The number of ether oxygens (including phenoxy) is 1. The number of benzene rings is 1. The molecule has 2 aromatic rings. The second-order valence-electron chi connectivity index (χ2n) is 4.41. The van der Waals surface area contributed by atoms with Crippen molar-refractivity contribution in [2.24, 2.45) is 0 Å². The van der Waals surface area contributed by atoms with Gasteiger partial charge in [0.05, 0.1) is 12.1 Å². The van der Waals surface area contributed by atoms with Crippen molar-refractivity contribution in [3.05, 3.63) is 46.6 Å².